The molecular formula is C16H26O. The van der Waals surface area contributed by atoms with E-state index in [-0.39, 0.29) is 5.60 Å². The van der Waals surface area contributed by atoms with Crippen molar-refractivity contribution in [1.82, 2.24) is 0 Å². The first-order chi connectivity index (χ1) is 8.10. The van der Waals surface area contributed by atoms with Gasteiger partial charge >= 0.3 is 0 Å². The second-order valence-electron chi connectivity index (χ2n) is 4.77. The lowest BCUT2D eigenvalue weighted by Crippen LogP contribution is -2.24. The lowest BCUT2D eigenvalue weighted by Gasteiger charge is -2.22. The Balaban J connectivity index is 2.82. The first-order valence-corrected chi connectivity index (χ1v) is 6.85. The summed E-state index contributed by atoms with van der Waals surface area (Å²) >= 11 is 0. The zero-order valence-electron chi connectivity index (χ0n) is 11.8. The van der Waals surface area contributed by atoms with E-state index in [4.69, 9.17) is 4.74 Å². The van der Waals surface area contributed by atoms with Crippen LogP contribution in [0.4, 0.5) is 0 Å². The van der Waals surface area contributed by atoms with Gasteiger partial charge in [-0.2, -0.15) is 0 Å². The van der Waals surface area contributed by atoms with Crippen LogP contribution < -0.4 is 0 Å². The molecule has 0 atom stereocenters. The molecule has 0 saturated carbocycles. The quantitative estimate of drug-likeness (QED) is 0.600. The van der Waals surface area contributed by atoms with E-state index in [0.717, 1.165) is 37.9 Å². The van der Waals surface area contributed by atoms with Gasteiger partial charge in [-0.1, -0.05) is 45.9 Å². The predicted molar refractivity (Wildman–Crippen MR) is 75.2 cm³/mol. The highest BCUT2D eigenvalue weighted by Gasteiger charge is 2.30. The van der Waals surface area contributed by atoms with Crippen LogP contribution in [0, 0.1) is 0 Å². The smallest absolute Gasteiger partial charge is 0.0868 e. The van der Waals surface area contributed by atoms with Crippen LogP contribution in [-0.2, 0) is 4.74 Å². The second-order valence-corrected chi connectivity index (χ2v) is 4.77. The molecule has 17 heavy (non-hydrogen) atoms. The van der Waals surface area contributed by atoms with Gasteiger partial charge in [0, 0.05) is 0 Å². The summed E-state index contributed by atoms with van der Waals surface area (Å²) in [5, 5.41) is 0. The summed E-state index contributed by atoms with van der Waals surface area (Å²) in [6.45, 7) is 13.7. The van der Waals surface area contributed by atoms with E-state index in [2.05, 4.69) is 46.4 Å². The van der Waals surface area contributed by atoms with Crippen LogP contribution in [0.15, 0.2) is 35.5 Å². The molecule has 1 rings (SSSR count). The molecule has 1 aliphatic rings. The Bertz CT molecular complexity index is 323. The number of hydrogen-bond donors (Lipinski definition) is 0. The van der Waals surface area contributed by atoms with Crippen molar-refractivity contribution in [1.29, 1.82) is 0 Å². The molecule has 0 aromatic carbocycles. The van der Waals surface area contributed by atoms with Crippen molar-refractivity contribution >= 4 is 0 Å². The van der Waals surface area contributed by atoms with Gasteiger partial charge in [0.25, 0.3) is 0 Å². The van der Waals surface area contributed by atoms with Crippen molar-refractivity contribution in [2.45, 2.75) is 59.0 Å². The maximum absolute atomic E-state index is 5.94. The van der Waals surface area contributed by atoms with Crippen molar-refractivity contribution in [3.63, 3.8) is 0 Å². The molecule has 0 unspecified atom stereocenters. The second kappa shape index (κ2) is 6.20. The Hall–Kier alpha value is -0.820. The van der Waals surface area contributed by atoms with Gasteiger partial charge in [-0.25, -0.2) is 0 Å². The number of ether oxygens (including phenoxy) is 1. The highest BCUT2D eigenvalue weighted by molar-refractivity contribution is 5.43. The fourth-order valence-electron chi connectivity index (χ4n) is 2.26. The minimum Gasteiger partial charge on any atom is -0.366 e. The Kier molecular flexibility index (Phi) is 5.20. The average Bonchev–Trinajstić information content (AvgIpc) is 2.81. The monoisotopic (exact) mass is 234 g/mol. The Morgan fingerprint density at radius 2 is 1.88 bits per heavy atom. The number of allylic oxidation sites excluding steroid dienone is 2. The maximum atomic E-state index is 5.94. The third kappa shape index (κ3) is 3.32. The fourth-order valence-corrected chi connectivity index (χ4v) is 2.26. The zero-order valence-corrected chi connectivity index (χ0v) is 11.8. The van der Waals surface area contributed by atoms with E-state index in [1.54, 1.807) is 0 Å². The van der Waals surface area contributed by atoms with E-state index < -0.39 is 0 Å². The zero-order chi connectivity index (χ0) is 12.9. The summed E-state index contributed by atoms with van der Waals surface area (Å²) in [6.07, 6.45) is 8.81. The summed E-state index contributed by atoms with van der Waals surface area (Å²) < 4.78 is 5.94. The van der Waals surface area contributed by atoms with Gasteiger partial charge in [0.05, 0.1) is 12.2 Å². The van der Waals surface area contributed by atoms with Crippen LogP contribution in [0.3, 0.4) is 0 Å². The molecule has 0 N–H and O–H groups in total. The molecule has 0 aliphatic carbocycles. The lowest BCUT2D eigenvalue weighted by molar-refractivity contribution is 0.0189. The summed E-state index contributed by atoms with van der Waals surface area (Å²) in [6, 6.07) is 0. The van der Waals surface area contributed by atoms with E-state index >= 15 is 0 Å². The highest BCUT2D eigenvalue weighted by Crippen LogP contribution is 2.33. The molecule has 0 aromatic rings. The van der Waals surface area contributed by atoms with E-state index in [0.29, 0.717) is 0 Å². The fraction of sp³-hybridized carbons (Fsp3) is 0.625. The van der Waals surface area contributed by atoms with Crippen LogP contribution in [0.5, 0.6) is 0 Å². The molecule has 0 saturated heterocycles. The number of hydrogen-bond acceptors (Lipinski definition) is 1. The highest BCUT2D eigenvalue weighted by atomic mass is 16.5. The van der Waals surface area contributed by atoms with Crippen molar-refractivity contribution in [3.8, 4) is 0 Å². The van der Waals surface area contributed by atoms with E-state index in [1.807, 2.05) is 0 Å². The van der Waals surface area contributed by atoms with Crippen LogP contribution in [0.25, 0.3) is 0 Å². The molecule has 96 valence electrons. The van der Waals surface area contributed by atoms with Gasteiger partial charge in [0.1, 0.15) is 0 Å². The normalized spacial score (nSPS) is 17.8. The maximum Gasteiger partial charge on any atom is 0.0868 e. The molecule has 1 heteroatoms. The van der Waals surface area contributed by atoms with Crippen LogP contribution in [-0.4, -0.2) is 12.2 Å². The first kappa shape index (κ1) is 14.2. The van der Waals surface area contributed by atoms with Gasteiger partial charge in [0.15, 0.2) is 0 Å². The summed E-state index contributed by atoms with van der Waals surface area (Å²) in [7, 11) is 0. The minimum atomic E-state index is -0.0370. The Morgan fingerprint density at radius 3 is 2.29 bits per heavy atom. The van der Waals surface area contributed by atoms with Gasteiger partial charge < -0.3 is 4.74 Å². The average molecular weight is 234 g/mol. The van der Waals surface area contributed by atoms with Crippen molar-refractivity contribution in [2.75, 3.05) is 6.61 Å². The molecule has 0 amide bonds. The molecular weight excluding hydrogens is 208 g/mol. The van der Waals surface area contributed by atoms with Gasteiger partial charge in [-0.3, -0.25) is 0 Å². The minimum absolute atomic E-state index is 0.0370. The van der Waals surface area contributed by atoms with Crippen LogP contribution in [0.2, 0.25) is 0 Å². The number of rotatable bonds is 6. The molecule has 0 fully saturated rings. The standard InChI is InChI=1S/C16H26O/c1-6-14(7-2)10-13(5)15-11-16(8-3,9-4)17-12-15/h10-11H,5-9,12H2,1-4H3. The largest absolute Gasteiger partial charge is 0.366 e. The van der Waals surface area contributed by atoms with Crippen molar-refractivity contribution < 1.29 is 4.74 Å². The first-order valence-electron chi connectivity index (χ1n) is 6.85. The molecule has 1 heterocycles. The Labute approximate surface area is 106 Å². The molecule has 1 aliphatic heterocycles. The van der Waals surface area contributed by atoms with Crippen LogP contribution in [0.1, 0.15) is 53.4 Å². The molecule has 0 aromatic heterocycles. The lowest BCUT2D eigenvalue weighted by atomic mass is 9.94. The van der Waals surface area contributed by atoms with Crippen molar-refractivity contribution in [2.24, 2.45) is 0 Å². The Morgan fingerprint density at radius 1 is 1.29 bits per heavy atom. The molecule has 0 bridgehead atoms. The molecule has 0 radical (unpaired) electrons. The molecule has 0 spiro atoms. The summed E-state index contributed by atoms with van der Waals surface area (Å²) in [4.78, 5) is 0. The van der Waals surface area contributed by atoms with Gasteiger partial charge in [-0.05, 0) is 42.9 Å². The topological polar surface area (TPSA) is 9.23 Å². The van der Waals surface area contributed by atoms with Crippen LogP contribution >= 0.6 is 0 Å². The van der Waals surface area contributed by atoms with E-state index in [1.165, 1.54) is 11.1 Å². The summed E-state index contributed by atoms with van der Waals surface area (Å²) in [5.74, 6) is 0. The molecule has 1 nitrogen and oxygen atoms in total. The van der Waals surface area contributed by atoms with Crippen molar-refractivity contribution in [3.05, 3.63) is 35.5 Å². The van der Waals surface area contributed by atoms with Gasteiger partial charge in [-0.15, -0.1) is 0 Å². The third-order valence-electron chi connectivity index (χ3n) is 3.85. The van der Waals surface area contributed by atoms with E-state index in [9.17, 15) is 0 Å². The van der Waals surface area contributed by atoms with Gasteiger partial charge in [0.2, 0.25) is 0 Å². The summed E-state index contributed by atoms with van der Waals surface area (Å²) in [5.41, 5.74) is 3.83. The predicted octanol–water partition coefficient (Wildman–Crippen LogP) is 4.80. The SMILES string of the molecule is C=C(C=C(CC)CC)C1=CC(CC)(CC)OC1. The third-order valence-corrected chi connectivity index (χ3v) is 3.85.